The Morgan fingerprint density at radius 1 is 1.17 bits per heavy atom. The molecule has 36 heavy (non-hydrogen) atoms. The number of anilines is 3. The first kappa shape index (κ1) is 24.0. The van der Waals surface area contributed by atoms with E-state index in [4.69, 9.17) is 17.3 Å². The summed E-state index contributed by atoms with van der Waals surface area (Å²) in [6, 6.07) is 12.3. The van der Waals surface area contributed by atoms with E-state index < -0.39 is 11.6 Å². The van der Waals surface area contributed by atoms with E-state index in [2.05, 4.69) is 20.2 Å². The predicted octanol–water partition coefficient (Wildman–Crippen LogP) is 5.21. The molecule has 2 aromatic heterocycles. The molecule has 0 aliphatic carbocycles. The number of benzene rings is 2. The number of aromatic nitrogens is 2. The van der Waals surface area contributed by atoms with Crippen LogP contribution in [0.4, 0.5) is 21.6 Å². The molecule has 1 saturated heterocycles. The lowest BCUT2D eigenvalue weighted by Crippen LogP contribution is -2.43. The number of aromatic hydroxyl groups is 1. The van der Waals surface area contributed by atoms with E-state index in [0.29, 0.717) is 22.3 Å². The number of nitrogens with two attached hydrogens (primary N) is 1. The van der Waals surface area contributed by atoms with Gasteiger partial charge < -0.3 is 25.9 Å². The Bertz CT molecular complexity index is 1410. The SMILES string of the molecule is NC1CCCN(c2ccc(Nc3c(CC=O)cnc4ccc(-c5cc(F)c(O)c(Cl)c5)cc34)cn2)C1. The Balaban J connectivity index is 1.53. The average Bonchev–Trinajstić information content (AvgIpc) is 2.88. The van der Waals surface area contributed by atoms with E-state index in [9.17, 15) is 14.3 Å². The number of fused-ring (bicyclic) bond motifs is 1. The van der Waals surface area contributed by atoms with Crippen LogP contribution in [-0.2, 0) is 11.2 Å². The molecule has 5 rings (SSSR count). The minimum atomic E-state index is -0.801. The number of halogens is 2. The van der Waals surface area contributed by atoms with Crippen LogP contribution >= 0.6 is 11.6 Å². The van der Waals surface area contributed by atoms with Gasteiger partial charge >= 0.3 is 0 Å². The number of phenols is 1. The molecule has 9 heteroatoms. The lowest BCUT2D eigenvalue weighted by atomic mass is 10.00. The van der Waals surface area contributed by atoms with Gasteiger partial charge in [0.25, 0.3) is 0 Å². The predicted molar refractivity (Wildman–Crippen MR) is 141 cm³/mol. The standard InChI is InChI=1S/C27H25ClFN5O2/c28-22-11-18(12-23(29)27(22)36)16-3-5-24-21(10-16)26(17(7-9-35)13-31-24)33-20-4-6-25(32-14-20)34-8-1-2-19(30)15-34/h3-6,9-14,19,36H,1-2,7-8,15,30H2,(H,31,33). The van der Waals surface area contributed by atoms with Gasteiger partial charge in [-0.2, -0.15) is 0 Å². The Hall–Kier alpha value is -3.75. The van der Waals surface area contributed by atoms with Crippen LogP contribution in [0.3, 0.4) is 0 Å². The second-order valence-electron chi connectivity index (χ2n) is 8.93. The molecule has 1 unspecified atom stereocenters. The first-order chi connectivity index (χ1) is 17.4. The van der Waals surface area contributed by atoms with Crippen LogP contribution in [0.2, 0.25) is 5.02 Å². The van der Waals surface area contributed by atoms with Gasteiger partial charge in [-0.25, -0.2) is 9.37 Å². The average molecular weight is 506 g/mol. The smallest absolute Gasteiger partial charge is 0.170 e. The van der Waals surface area contributed by atoms with Crippen LogP contribution in [0.1, 0.15) is 18.4 Å². The van der Waals surface area contributed by atoms with Crippen LogP contribution in [0, 0.1) is 5.82 Å². The van der Waals surface area contributed by atoms with E-state index in [1.807, 2.05) is 24.3 Å². The fourth-order valence-electron chi connectivity index (χ4n) is 4.55. The third kappa shape index (κ3) is 4.82. The topological polar surface area (TPSA) is 104 Å². The molecule has 0 radical (unpaired) electrons. The van der Waals surface area contributed by atoms with Gasteiger partial charge in [-0.1, -0.05) is 17.7 Å². The lowest BCUT2D eigenvalue weighted by molar-refractivity contribution is -0.107. The zero-order valence-corrected chi connectivity index (χ0v) is 20.2. The van der Waals surface area contributed by atoms with Crippen LogP contribution in [0.5, 0.6) is 5.75 Å². The van der Waals surface area contributed by atoms with Gasteiger partial charge in [-0.3, -0.25) is 4.98 Å². The summed E-state index contributed by atoms with van der Waals surface area (Å²) in [6.45, 7) is 1.71. The van der Waals surface area contributed by atoms with Crippen molar-refractivity contribution in [2.24, 2.45) is 5.73 Å². The number of carbonyl (C=O) groups excluding carboxylic acids is 1. The highest BCUT2D eigenvalue weighted by Crippen LogP contribution is 2.36. The third-order valence-corrected chi connectivity index (χ3v) is 6.69. The Kier molecular flexibility index (Phi) is 6.71. The van der Waals surface area contributed by atoms with Gasteiger partial charge in [-0.15, -0.1) is 0 Å². The van der Waals surface area contributed by atoms with Crippen molar-refractivity contribution < 1.29 is 14.3 Å². The molecule has 1 atom stereocenters. The van der Waals surface area contributed by atoms with Gasteiger partial charge in [0.1, 0.15) is 12.1 Å². The van der Waals surface area contributed by atoms with Crippen molar-refractivity contribution in [1.29, 1.82) is 0 Å². The lowest BCUT2D eigenvalue weighted by Gasteiger charge is -2.31. The van der Waals surface area contributed by atoms with Crippen molar-refractivity contribution in [2.75, 3.05) is 23.3 Å². The Morgan fingerprint density at radius 3 is 2.75 bits per heavy atom. The maximum Gasteiger partial charge on any atom is 0.170 e. The number of carbonyl (C=O) groups is 1. The molecule has 1 fully saturated rings. The summed E-state index contributed by atoms with van der Waals surface area (Å²) in [4.78, 5) is 22.7. The molecule has 0 amide bonds. The maximum atomic E-state index is 14.1. The Morgan fingerprint density at radius 2 is 2.03 bits per heavy atom. The number of nitrogens with zero attached hydrogens (tertiary/aromatic N) is 3. The summed E-state index contributed by atoms with van der Waals surface area (Å²) in [6.07, 6.45) is 6.49. The largest absolute Gasteiger partial charge is 0.504 e. The van der Waals surface area contributed by atoms with Crippen LogP contribution in [0.15, 0.2) is 54.9 Å². The molecule has 4 N–H and O–H groups in total. The third-order valence-electron chi connectivity index (χ3n) is 6.40. The molecule has 0 spiro atoms. The second kappa shape index (κ2) is 10.1. The molecule has 0 saturated carbocycles. The van der Waals surface area contributed by atoms with Crippen LogP contribution in [-0.4, -0.2) is 40.5 Å². The van der Waals surface area contributed by atoms with Crippen molar-refractivity contribution >= 4 is 46.0 Å². The molecule has 7 nitrogen and oxygen atoms in total. The van der Waals surface area contributed by atoms with E-state index in [-0.39, 0.29) is 17.5 Å². The second-order valence-corrected chi connectivity index (χ2v) is 9.34. The molecule has 184 valence electrons. The molecule has 1 aliphatic rings. The maximum absolute atomic E-state index is 14.1. The number of pyridine rings is 2. The molecular weight excluding hydrogens is 481 g/mol. The van der Waals surface area contributed by atoms with Gasteiger partial charge in [0, 0.05) is 42.7 Å². The number of hydrogen-bond donors (Lipinski definition) is 3. The van der Waals surface area contributed by atoms with E-state index in [0.717, 1.165) is 54.7 Å². The first-order valence-corrected chi connectivity index (χ1v) is 12.1. The number of hydrogen-bond acceptors (Lipinski definition) is 7. The minimum absolute atomic E-state index is 0.0721. The van der Waals surface area contributed by atoms with Crippen molar-refractivity contribution in [3.63, 3.8) is 0 Å². The number of rotatable bonds is 6. The zero-order chi connectivity index (χ0) is 25.2. The highest BCUT2D eigenvalue weighted by molar-refractivity contribution is 6.32. The fraction of sp³-hybridized carbons (Fsp3) is 0.222. The molecular formula is C27H25ClFN5O2. The molecule has 3 heterocycles. The summed E-state index contributed by atoms with van der Waals surface area (Å²) >= 11 is 6.00. The van der Waals surface area contributed by atoms with Crippen molar-refractivity contribution in [3.05, 3.63) is 71.3 Å². The van der Waals surface area contributed by atoms with E-state index >= 15 is 0 Å². The van der Waals surface area contributed by atoms with E-state index in [1.54, 1.807) is 18.5 Å². The first-order valence-electron chi connectivity index (χ1n) is 11.7. The van der Waals surface area contributed by atoms with Gasteiger partial charge in [0.05, 0.1) is 28.1 Å². The molecule has 1 aliphatic heterocycles. The quantitative estimate of drug-likeness (QED) is 0.309. The minimum Gasteiger partial charge on any atom is -0.504 e. The van der Waals surface area contributed by atoms with Gasteiger partial charge in [-0.05, 0) is 60.4 Å². The fourth-order valence-corrected chi connectivity index (χ4v) is 4.76. The monoisotopic (exact) mass is 505 g/mol. The summed E-state index contributed by atoms with van der Waals surface area (Å²) in [7, 11) is 0. The van der Waals surface area contributed by atoms with Crippen LogP contribution < -0.4 is 16.0 Å². The summed E-state index contributed by atoms with van der Waals surface area (Å²) < 4.78 is 14.1. The van der Waals surface area contributed by atoms with Crippen LogP contribution in [0.25, 0.3) is 22.0 Å². The Labute approximate surface area is 212 Å². The highest BCUT2D eigenvalue weighted by atomic mass is 35.5. The van der Waals surface area contributed by atoms with E-state index in [1.165, 1.54) is 12.1 Å². The molecule has 2 aromatic carbocycles. The highest BCUT2D eigenvalue weighted by Gasteiger charge is 2.18. The van der Waals surface area contributed by atoms with Crippen molar-refractivity contribution in [2.45, 2.75) is 25.3 Å². The molecule has 0 bridgehead atoms. The number of phenolic OH excluding ortho intramolecular Hbond substituents is 1. The van der Waals surface area contributed by atoms with Gasteiger partial charge in [0.2, 0.25) is 0 Å². The number of aldehydes is 1. The van der Waals surface area contributed by atoms with Gasteiger partial charge in [0.15, 0.2) is 11.6 Å². The number of piperidine rings is 1. The zero-order valence-electron chi connectivity index (χ0n) is 19.4. The van der Waals surface area contributed by atoms with Crippen molar-refractivity contribution in [3.8, 4) is 16.9 Å². The number of nitrogens with one attached hydrogen (secondary N) is 1. The summed E-state index contributed by atoms with van der Waals surface area (Å²) in [5, 5.41) is 13.8. The summed E-state index contributed by atoms with van der Waals surface area (Å²) in [5.41, 5.74) is 10.2. The normalized spacial score (nSPS) is 15.8. The molecule has 4 aromatic rings. The summed E-state index contributed by atoms with van der Waals surface area (Å²) in [5.74, 6) is -0.512. The van der Waals surface area contributed by atoms with Crippen molar-refractivity contribution in [1.82, 2.24) is 9.97 Å².